The first kappa shape index (κ1) is 16.7. The Morgan fingerprint density at radius 3 is 2.63 bits per heavy atom. The Hall–Kier alpha value is -2.41. The molecule has 2 aliphatic heterocycles. The lowest BCUT2D eigenvalue weighted by Gasteiger charge is -2.38. The number of ether oxygens (including phenoxy) is 1. The summed E-state index contributed by atoms with van der Waals surface area (Å²) in [7, 11) is 0. The molecule has 0 bridgehead atoms. The Kier molecular flexibility index (Phi) is 4.11. The smallest absolute Gasteiger partial charge is 0.324 e. The largest absolute Gasteiger partial charge is 0.381 e. The molecule has 0 aliphatic carbocycles. The van der Waals surface area contributed by atoms with E-state index in [9.17, 15) is 0 Å². The van der Waals surface area contributed by atoms with E-state index in [4.69, 9.17) is 9.26 Å². The number of anilines is 1. The molecule has 7 nitrogen and oxygen atoms in total. The van der Waals surface area contributed by atoms with Crippen LogP contribution in [0.15, 0.2) is 28.9 Å². The minimum atomic E-state index is 0.306. The summed E-state index contributed by atoms with van der Waals surface area (Å²) < 4.78 is 12.9. The second-order valence-electron chi connectivity index (χ2n) is 7.98. The molecule has 2 fully saturated rings. The summed E-state index contributed by atoms with van der Waals surface area (Å²) in [5, 5.41) is 9.83. The molecule has 1 aromatic carbocycles. The van der Waals surface area contributed by atoms with E-state index in [-0.39, 0.29) is 0 Å². The van der Waals surface area contributed by atoms with E-state index in [0.29, 0.717) is 17.9 Å². The lowest BCUT2D eigenvalue weighted by molar-refractivity contribution is -0.0652. The quantitative estimate of drug-likeness (QED) is 0.703. The van der Waals surface area contributed by atoms with Gasteiger partial charge in [0.15, 0.2) is 0 Å². The van der Waals surface area contributed by atoms with Crippen LogP contribution in [0.3, 0.4) is 0 Å². The third kappa shape index (κ3) is 3.00. The highest BCUT2D eigenvalue weighted by Crippen LogP contribution is 2.32. The number of nitrogens with zero attached hydrogens (tertiary/aromatic N) is 5. The van der Waals surface area contributed by atoms with Crippen LogP contribution in [-0.2, 0) is 4.74 Å². The van der Waals surface area contributed by atoms with Crippen LogP contribution in [0.25, 0.3) is 22.3 Å². The van der Waals surface area contributed by atoms with Gasteiger partial charge in [-0.05, 0) is 38.7 Å². The summed E-state index contributed by atoms with van der Waals surface area (Å²) >= 11 is 0. The first-order valence-corrected chi connectivity index (χ1v) is 9.83. The van der Waals surface area contributed by atoms with Gasteiger partial charge in [0, 0.05) is 36.0 Å². The third-order valence-electron chi connectivity index (χ3n) is 5.90. The van der Waals surface area contributed by atoms with Gasteiger partial charge >= 0.3 is 6.01 Å². The minimum Gasteiger partial charge on any atom is -0.381 e. The number of fused-ring (bicyclic) bond motifs is 1. The highest BCUT2D eigenvalue weighted by atomic mass is 16.5. The average molecular weight is 367 g/mol. The number of aromatic nitrogens is 4. The van der Waals surface area contributed by atoms with Crippen molar-refractivity contribution in [1.82, 2.24) is 19.9 Å². The minimum absolute atomic E-state index is 0.306. The van der Waals surface area contributed by atoms with Crippen LogP contribution in [0.5, 0.6) is 0 Å². The summed E-state index contributed by atoms with van der Waals surface area (Å²) in [6.45, 7) is 8.08. The molecule has 5 rings (SSSR count). The van der Waals surface area contributed by atoms with Crippen molar-refractivity contribution in [1.29, 1.82) is 0 Å². The Bertz CT molecular complexity index is 935. The SMILES string of the molecule is CC(C)n1ncc2ccc(-c3noc(N4CCC(C5COC5)CC4)n3)cc21. The molecule has 3 aromatic rings. The van der Waals surface area contributed by atoms with Crippen LogP contribution in [0.4, 0.5) is 6.01 Å². The molecule has 27 heavy (non-hydrogen) atoms. The molecule has 0 spiro atoms. The van der Waals surface area contributed by atoms with Crippen molar-refractivity contribution in [2.45, 2.75) is 32.7 Å². The fourth-order valence-electron chi connectivity index (χ4n) is 4.14. The standard InChI is InChI=1S/C20H25N5O2/c1-13(2)25-18-9-15(3-4-16(18)10-21-25)19-22-20(27-23-19)24-7-5-14(6-8-24)17-11-26-12-17/h3-4,9-10,13-14,17H,5-8,11-12H2,1-2H3. The van der Waals surface area contributed by atoms with Gasteiger partial charge in [0.25, 0.3) is 0 Å². The van der Waals surface area contributed by atoms with E-state index in [1.54, 1.807) is 0 Å². The molecule has 2 aliphatic rings. The first-order valence-electron chi connectivity index (χ1n) is 9.83. The zero-order valence-electron chi connectivity index (χ0n) is 15.8. The second-order valence-corrected chi connectivity index (χ2v) is 7.98. The molecule has 2 aromatic heterocycles. The number of piperidine rings is 1. The molecular formula is C20H25N5O2. The highest BCUT2D eigenvalue weighted by molar-refractivity contribution is 5.83. The summed E-state index contributed by atoms with van der Waals surface area (Å²) in [4.78, 5) is 6.88. The lowest BCUT2D eigenvalue weighted by atomic mass is 9.83. The molecule has 0 saturated carbocycles. The van der Waals surface area contributed by atoms with Gasteiger partial charge in [-0.25, -0.2) is 0 Å². The van der Waals surface area contributed by atoms with Crippen LogP contribution in [0, 0.1) is 11.8 Å². The van der Waals surface area contributed by atoms with E-state index < -0.39 is 0 Å². The second kappa shape index (κ2) is 6.64. The zero-order valence-corrected chi connectivity index (χ0v) is 15.8. The predicted octanol–water partition coefficient (Wildman–Crippen LogP) is 3.53. The van der Waals surface area contributed by atoms with Crippen molar-refractivity contribution in [2.24, 2.45) is 11.8 Å². The lowest BCUT2D eigenvalue weighted by Crippen LogP contribution is -2.42. The zero-order chi connectivity index (χ0) is 18.4. The fourth-order valence-corrected chi connectivity index (χ4v) is 4.14. The van der Waals surface area contributed by atoms with Crippen LogP contribution < -0.4 is 4.90 Å². The van der Waals surface area contributed by atoms with Gasteiger partial charge in [-0.1, -0.05) is 17.3 Å². The molecule has 7 heteroatoms. The van der Waals surface area contributed by atoms with E-state index in [1.807, 2.05) is 16.9 Å². The van der Waals surface area contributed by atoms with E-state index in [1.165, 1.54) is 12.8 Å². The number of rotatable bonds is 4. The fraction of sp³-hybridized carbons (Fsp3) is 0.550. The van der Waals surface area contributed by atoms with Gasteiger partial charge in [-0.15, -0.1) is 0 Å². The van der Waals surface area contributed by atoms with Gasteiger partial charge in [-0.3, -0.25) is 4.68 Å². The maximum absolute atomic E-state index is 5.58. The summed E-state index contributed by atoms with van der Waals surface area (Å²) in [5.74, 6) is 2.16. The molecule has 0 amide bonds. The molecule has 0 unspecified atom stereocenters. The van der Waals surface area contributed by atoms with Gasteiger partial charge in [0.2, 0.25) is 5.82 Å². The van der Waals surface area contributed by atoms with Crippen molar-refractivity contribution in [3.63, 3.8) is 0 Å². The van der Waals surface area contributed by atoms with Crippen molar-refractivity contribution in [3.8, 4) is 11.4 Å². The van der Waals surface area contributed by atoms with Crippen LogP contribution in [0.1, 0.15) is 32.7 Å². The Balaban J connectivity index is 1.34. The Labute approximate surface area is 158 Å². The summed E-state index contributed by atoms with van der Waals surface area (Å²) in [5.41, 5.74) is 2.05. The van der Waals surface area contributed by atoms with Gasteiger partial charge in [0.1, 0.15) is 0 Å². The molecule has 0 radical (unpaired) electrons. The van der Waals surface area contributed by atoms with E-state index in [2.05, 4.69) is 46.1 Å². The Morgan fingerprint density at radius 1 is 1.11 bits per heavy atom. The van der Waals surface area contributed by atoms with Gasteiger partial charge < -0.3 is 14.2 Å². The summed E-state index contributed by atoms with van der Waals surface area (Å²) in [6.07, 6.45) is 4.24. The molecular weight excluding hydrogens is 342 g/mol. The maximum Gasteiger partial charge on any atom is 0.324 e. The van der Waals surface area contributed by atoms with Crippen molar-refractivity contribution in [3.05, 3.63) is 24.4 Å². The van der Waals surface area contributed by atoms with Crippen molar-refractivity contribution < 1.29 is 9.26 Å². The van der Waals surface area contributed by atoms with Gasteiger partial charge in [-0.2, -0.15) is 10.1 Å². The van der Waals surface area contributed by atoms with Crippen LogP contribution in [0.2, 0.25) is 0 Å². The predicted molar refractivity (Wildman–Crippen MR) is 103 cm³/mol. The monoisotopic (exact) mass is 367 g/mol. The highest BCUT2D eigenvalue weighted by Gasteiger charge is 2.32. The first-order chi connectivity index (χ1) is 13.2. The van der Waals surface area contributed by atoms with E-state index >= 15 is 0 Å². The average Bonchev–Trinajstić information content (AvgIpc) is 3.27. The molecule has 4 heterocycles. The molecule has 2 saturated heterocycles. The van der Waals surface area contributed by atoms with Crippen molar-refractivity contribution in [2.75, 3.05) is 31.2 Å². The number of hydrogen-bond acceptors (Lipinski definition) is 6. The summed E-state index contributed by atoms with van der Waals surface area (Å²) in [6, 6.07) is 7.14. The third-order valence-corrected chi connectivity index (χ3v) is 5.90. The van der Waals surface area contributed by atoms with Gasteiger partial charge in [0.05, 0.1) is 24.9 Å². The maximum atomic E-state index is 5.58. The normalized spacial score (nSPS) is 19.1. The topological polar surface area (TPSA) is 69.2 Å². The molecule has 0 atom stereocenters. The number of benzene rings is 1. The molecule has 142 valence electrons. The number of hydrogen-bond donors (Lipinski definition) is 0. The van der Waals surface area contributed by atoms with E-state index in [0.717, 1.165) is 54.6 Å². The van der Waals surface area contributed by atoms with Crippen molar-refractivity contribution >= 4 is 16.9 Å². The molecule has 0 N–H and O–H groups in total. The van der Waals surface area contributed by atoms with Crippen LogP contribution >= 0.6 is 0 Å². The van der Waals surface area contributed by atoms with Crippen LogP contribution in [-0.4, -0.2) is 46.2 Å². The Morgan fingerprint density at radius 2 is 1.93 bits per heavy atom.